The number of nitrogens with two attached hydrogens (primary N) is 2. The van der Waals surface area contributed by atoms with Crippen LogP contribution in [0.5, 0.6) is 0 Å². The number of nitrogen functional groups attached to an aromatic ring is 1. The van der Waals surface area contributed by atoms with Gasteiger partial charge in [0.05, 0.1) is 0 Å². The second kappa shape index (κ2) is 11.5. The molecule has 4 heterocycles. The second-order valence-electron chi connectivity index (χ2n) is 7.24. The summed E-state index contributed by atoms with van der Waals surface area (Å²) in [4.78, 5) is 43.3. The molecule has 0 aliphatic carbocycles. The van der Waals surface area contributed by atoms with Crippen LogP contribution in [0.2, 0.25) is 0 Å². The van der Waals surface area contributed by atoms with E-state index in [0.717, 1.165) is 27.4 Å². The fourth-order valence-electron chi connectivity index (χ4n) is 3.36. The van der Waals surface area contributed by atoms with Crippen molar-refractivity contribution in [3.8, 4) is 0 Å². The molecule has 2 aromatic heterocycles. The second-order valence-corrected chi connectivity index (χ2v) is 11.9. The van der Waals surface area contributed by atoms with Gasteiger partial charge in [-0.3, -0.25) is 14.5 Å². The molecular formula is C19H20N8O5S4. The molecule has 1 saturated heterocycles. The Kier molecular flexibility index (Phi) is 8.35. The highest BCUT2D eigenvalue weighted by molar-refractivity contribution is 8.07. The Balaban J connectivity index is 1.47. The van der Waals surface area contributed by atoms with E-state index >= 15 is 0 Å². The number of fused-ring (bicyclic) bond motifs is 1. The quantitative estimate of drug-likeness (QED) is 0.0863. The molecule has 0 spiro atoms. The van der Waals surface area contributed by atoms with Crippen molar-refractivity contribution in [2.24, 2.45) is 10.9 Å². The highest BCUT2D eigenvalue weighted by Gasteiger charge is 2.54. The van der Waals surface area contributed by atoms with Crippen LogP contribution < -0.4 is 16.8 Å². The third-order valence-corrected chi connectivity index (χ3v) is 9.60. The summed E-state index contributed by atoms with van der Waals surface area (Å²) in [5.74, 6) is -0.826. The summed E-state index contributed by atoms with van der Waals surface area (Å²) in [6, 6.07) is 3.46. The van der Waals surface area contributed by atoms with E-state index in [4.69, 9.17) is 11.5 Å². The number of thioether (sulfide) groups is 3. The van der Waals surface area contributed by atoms with Crippen LogP contribution >= 0.6 is 46.6 Å². The van der Waals surface area contributed by atoms with E-state index in [-0.39, 0.29) is 17.2 Å². The van der Waals surface area contributed by atoms with E-state index in [1.807, 2.05) is 0 Å². The maximum Gasteiger partial charge on any atom is 0.353 e. The van der Waals surface area contributed by atoms with Gasteiger partial charge in [0.15, 0.2) is 10.1 Å². The molecule has 0 saturated carbocycles. The van der Waals surface area contributed by atoms with Crippen LogP contribution in [0, 0.1) is 0 Å². The van der Waals surface area contributed by atoms with Gasteiger partial charge in [-0.25, -0.2) is 9.78 Å². The van der Waals surface area contributed by atoms with Gasteiger partial charge in [0.1, 0.15) is 33.6 Å². The first-order valence-corrected chi connectivity index (χ1v) is 14.1. The van der Waals surface area contributed by atoms with Crippen molar-refractivity contribution in [2.45, 2.75) is 21.5 Å². The minimum absolute atomic E-state index is 0.0255. The van der Waals surface area contributed by atoms with Crippen LogP contribution in [0.1, 0.15) is 10.7 Å². The van der Waals surface area contributed by atoms with E-state index in [2.05, 4.69) is 25.7 Å². The number of β-lactam (4-membered cyclic amide) rings is 1. The first kappa shape index (κ1) is 26.2. The summed E-state index contributed by atoms with van der Waals surface area (Å²) in [6.45, 7) is 0.565. The highest BCUT2D eigenvalue weighted by atomic mass is 32.2. The highest BCUT2D eigenvalue weighted by Crippen LogP contribution is 2.45. The number of rotatable bonds is 10. The molecule has 36 heavy (non-hydrogen) atoms. The number of hydrogen-bond donors (Lipinski definition) is 5. The summed E-state index contributed by atoms with van der Waals surface area (Å²) in [7, 11) is 0. The summed E-state index contributed by atoms with van der Waals surface area (Å²) in [6.07, 6.45) is 0. The van der Waals surface area contributed by atoms with E-state index < -0.39 is 34.9 Å². The van der Waals surface area contributed by atoms with Gasteiger partial charge in [-0.1, -0.05) is 34.3 Å². The van der Waals surface area contributed by atoms with E-state index in [9.17, 15) is 24.7 Å². The Morgan fingerprint density at radius 1 is 1.33 bits per heavy atom. The molecule has 0 bridgehead atoms. The number of oxime groups is 1. The molecule has 1 fully saturated rings. The molecule has 2 amide bonds. The lowest BCUT2D eigenvalue weighted by molar-refractivity contribution is -0.150. The molecular weight excluding hydrogens is 549 g/mol. The van der Waals surface area contributed by atoms with Gasteiger partial charge < -0.3 is 27.1 Å². The Labute approximate surface area is 221 Å². The Hall–Kier alpha value is -2.86. The minimum Gasteiger partial charge on any atom is -0.477 e. The van der Waals surface area contributed by atoms with Crippen LogP contribution in [0.25, 0.3) is 0 Å². The Morgan fingerprint density at radius 2 is 2.14 bits per heavy atom. The van der Waals surface area contributed by atoms with Crippen molar-refractivity contribution in [3.05, 3.63) is 39.5 Å². The average molecular weight is 569 g/mol. The number of hydrogen-bond acceptors (Lipinski definition) is 14. The van der Waals surface area contributed by atoms with Crippen LogP contribution in [0.4, 0.5) is 5.82 Å². The number of carboxylic acid groups (broad SMARTS) is 1. The van der Waals surface area contributed by atoms with Gasteiger partial charge in [-0.2, -0.15) is 11.8 Å². The molecule has 190 valence electrons. The fraction of sp³-hybridized carbons (Fsp3) is 0.316. The number of amides is 2. The molecule has 2 aliphatic heterocycles. The van der Waals surface area contributed by atoms with E-state index in [0.29, 0.717) is 27.3 Å². The molecule has 7 N–H and O–H groups in total. The number of carbonyl (C=O) groups excluding carboxylic acids is 2. The minimum atomic E-state index is -1.26. The van der Waals surface area contributed by atoms with Crippen LogP contribution in [-0.2, 0) is 20.1 Å². The zero-order chi connectivity index (χ0) is 25.8. The third-order valence-electron chi connectivity index (χ3n) is 4.90. The molecule has 17 heteroatoms. The number of anilines is 1. The molecule has 2 aromatic rings. The molecule has 2 aliphatic rings. The average Bonchev–Trinajstić information content (AvgIpc) is 3.30. The van der Waals surface area contributed by atoms with Gasteiger partial charge in [0, 0.05) is 28.7 Å². The standard InChI is InChI=1S/C19H20N8O5S4/c20-4-5-33-7-11-24-25-19(36-11)35-9-6-34-17-13(16(29)27(17)14(9)18(30)31)23-15(28)12(26-32)8-2-1-3-10(21)22-8/h1-3,13,17,32H,4-7,20H2,(H2,21,22)(H,23,28)(H,30,31)/b26-12-. The zero-order valence-corrected chi connectivity index (χ0v) is 21.6. The molecule has 13 nitrogen and oxygen atoms in total. The third kappa shape index (κ3) is 5.44. The summed E-state index contributed by atoms with van der Waals surface area (Å²) in [5, 5.41) is 33.1. The number of carboxylic acids is 1. The topological polar surface area (TPSA) is 210 Å². The van der Waals surface area contributed by atoms with Crippen molar-refractivity contribution in [1.82, 2.24) is 25.4 Å². The predicted octanol–water partition coefficient (Wildman–Crippen LogP) is 0.374. The maximum atomic E-state index is 12.9. The number of aromatic nitrogens is 3. The molecule has 2 unspecified atom stereocenters. The first-order valence-electron chi connectivity index (χ1n) is 10.3. The maximum absolute atomic E-state index is 12.9. The lowest BCUT2D eigenvalue weighted by atomic mass is 10.0. The number of pyridine rings is 1. The van der Waals surface area contributed by atoms with Crippen LogP contribution in [-0.4, -0.2) is 83.4 Å². The zero-order valence-electron chi connectivity index (χ0n) is 18.4. The lowest BCUT2D eigenvalue weighted by Crippen LogP contribution is -2.71. The fourth-order valence-corrected chi connectivity index (χ4v) is 7.72. The van der Waals surface area contributed by atoms with Crippen LogP contribution in [0.15, 0.2) is 38.3 Å². The van der Waals surface area contributed by atoms with Gasteiger partial charge in [-0.05, 0) is 12.1 Å². The van der Waals surface area contributed by atoms with Gasteiger partial charge >= 0.3 is 5.97 Å². The Bertz CT molecular complexity index is 1250. The van der Waals surface area contributed by atoms with Crippen molar-refractivity contribution in [2.75, 3.05) is 23.8 Å². The van der Waals surface area contributed by atoms with Gasteiger partial charge in [-0.15, -0.1) is 22.0 Å². The molecule has 2 atom stereocenters. The summed E-state index contributed by atoms with van der Waals surface area (Å²) < 4.78 is 0.572. The largest absolute Gasteiger partial charge is 0.477 e. The smallest absolute Gasteiger partial charge is 0.353 e. The van der Waals surface area contributed by atoms with Crippen molar-refractivity contribution in [1.29, 1.82) is 0 Å². The number of nitrogens with one attached hydrogen (secondary N) is 1. The normalized spacial score (nSPS) is 19.6. The number of carbonyl (C=O) groups is 3. The van der Waals surface area contributed by atoms with Gasteiger partial charge in [0.2, 0.25) is 0 Å². The summed E-state index contributed by atoms with van der Waals surface area (Å²) in [5.41, 5.74) is 10.6. The van der Waals surface area contributed by atoms with Crippen molar-refractivity contribution in [3.63, 3.8) is 0 Å². The number of nitrogens with zero attached hydrogens (tertiary/aromatic N) is 5. The molecule has 0 radical (unpaired) electrons. The predicted molar refractivity (Wildman–Crippen MR) is 138 cm³/mol. The summed E-state index contributed by atoms with van der Waals surface area (Å²) >= 11 is 5.45. The molecule has 4 rings (SSSR count). The van der Waals surface area contributed by atoms with Crippen molar-refractivity contribution < 1.29 is 24.7 Å². The van der Waals surface area contributed by atoms with Crippen molar-refractivity contribution >= 4 is 75.9 Å². The first-order chi connectivity index (χ1) is 17.3. The van der Waals surface area contributed by atoms with Crippen LogP contribution in [0.3, 0.4) is 0 Å². The van der Waals surface area contributed by atoms with Gasteiger partial charge in [0.25, 0.3) is 11.8 Å². The SMILES string of the molecule is NCCSCc1nnc(SC2=C(C(=O)O)N3C(=O)C(NC(=O)/C(=N\O)c4cccc(N)n4)C3SC2)s1. The molecule has 0 aromatic carbocycles. The lowest BCUT2D eigenvalue weighted by Gasteiger charge is -2.49. The van der Waals surface area contributed by atoms with E-state index in [1.165, 1.54) is 41.3 Å². The van der Waals surface area contributed by atoms with E-state index in [1.54, 1.807) is 11.8 Å². The number of aliphatic carboxylic acids is 1. The monoisotopic (exact) mass is 568 g/mol. The Morgan fingerprint density at radius 3 is 2.83 bits per heavy atom.